The minimum absolute atomic E-state index is 0.00117. The van der Waals surface area contributed by atoms with Crippen LogP contribution in [0, 0.1) is 0 Å². The number of hydrogen-bond donors (Lipinski definition) is 1. The summed E-state index contributed by atoms with van der Waals surface area (Å²) in [6.07, 6.45) is 0.00117. The molecule has 3 amide bonds. The number of methoxy groups -OCH3 is 1. The standard InChI is InChI=1S/C23H20N4O4S/c1-31-15-8-6-14(7-9-15)27-21(18-12-32-13-19(18)25-27)24-20(28)10-11-26-22(29)16-4-2-3-5-17(16)23(26)30/h2-9H,10-13H2,1H3,(H,24,28). The number of rotatable bonds is 6. The number of aromatic nitrogens is 2. The second-order valence-corrected chi connectivity index (χ2v) is 8.47. The van der Waals surface area contributed by atoms with Gasteiger partial charge in [-0.25, -0.2) is 4.68 Å². The van der Waals surface area contributed by atoms with Crippen molar-refractivity contribution in [2.24, 2.45) is 0 Å². The fourth-order valence-corrected chi connectivity index (χ4v) is 4.94. The molecular formula is C23H20N4O4S. The van der Waals surface area contributed by atoms with Gasteiger partial charge in [-0.05, 0) is 36.4 Å². The summed E-state index contributed by atoms with van der Waals surface area (Å²) in [6.45, 7) is 0.0196. The zero-order chi connectivity index (χ0) is 22.2. The number of carbonyl (C=O) groups is 3. The van der Waals surface area contributed by atoms with Crippen LogP contribution in [0.2, 0.25) is 0 Å². The van der Waals surface area contributed by atoms with Gasteiger partial charge in [0.25, 0.3) is 11.8 Å². The fourth-order valence-electron chi connectivity index (χ4n) is 3.90. The van der Waals surface area contributed by atoms with E-state index in [1.54, 1.807) is 47.8 Å². The summed E-state index contributed by atoms with van der Waals surface area (Å²) in [4.78, 5) is 39.0. The molecular weight excluding hydrogens is 428 g/mol. The molecule has 0 fully saturated rings. The molecule has 0 atom stereocenters. The summed E-state index contributed by atoms with van der Waals surface area (Å²) in [5, 5.41) is 7.64. The third-order valence-corrected chi connectivity index (χ3v) is 6.54. The Morgan fingerprint density at radius 2 is 1.75 bits per heavy atom. The van der Waals surface area contributed by atoms with Crippen LogP contribution < -0.4 is 10.1 Å². The molecule has 0 saturated carbocycles. The lowest BCUT2D eigenvalue weighted by Crippen LogP contribution is -2.33. The lowest BCUT2D eigenvalue weighted by atomic mass is 10.1. The highest BCUT2D eigenvalue weighted by Crippen LogP contribution is 2.36. The highest BCUT2D eigenvalue weighted by Gasteiger charge is 2.35. The minimum Gasteiger partial charge on any atom is -0.497 e. The number of carbonyl (C=O) groups excluding carboxylic acids is 3. The van der Waals surface area contributed by atoms with Gasteiger partial charge in [-0.3, -0.25) is 19.3 Å². The van der Waals surface area contributed by atoms with E-state index < -0.39 is 0 Å². The van der Waals surface area contributed by atoms with Crippen LogP contribution in [0.15, 0.2) is 48.5 Å². The van der Waals surface area contributed by atoms with Crippen molar-refractivity contribution in [3.05, 3.63) is 70.9 Å². The SMILES string of the molecule is COc1ccc(-n2nc3c(c2NC(=O)CCN2C(=O)c4ccccc4C2=O)CSC3)cc1. The van der Waals surface area contributed by atoms with Crippen LogP contribution in [0.5, 0.6) is 5.75 Å². The van der Waals surface area contributed by atoms with E-state index in [0.717, 1.165) is 39.1 Å². The van der Waals surface area contributed by atoms with Gasteiger partial charge in [0, 0.05) is 30.0 Å². The number of benzene rings is 2. The number of nitrogens with one attached hydrogen (secondary N) is 1. The summed E-state index contributed by atoms with van der Waals surface area (Å²) in [6, 6.07) is 14.1. The van der Waals surface area contributed by atoms with Gasteiger partial charge in [0.05, 0.1) is 29.6 Å². The first-order valence-corrected chi connectivity index (χ1v) is 11.3. The van der Waals surface area contributed by atoms with Crippen LogP contribution in [-0.2, 0) is 16.3 Å². The Labute approximate surface area is 188 Å². The first kappa shape index (κ1) is 20.3. The molecule has 1 aromatic heterocycles. The monoisotopic (exact) mass is 448 g/mol. The fraction of sp³-hybridized carbons (Fsp3) is 0.217. The molecule has 2 aromatic carbocycles. The maximum Gasteiger partial charge on any atom is 0.261 e. The molecule has 0 bridgehead atoms. The Bertz CT molecular complexity index is 1200. The third-order valence-electron chi connectivity index (χ3n) is 5.57. The lowest BCUT2D eigenvalue weighted by molar-refractivity contribution is -0.116. The number of thioether (sulfide) groups is 1. The van der Waals surface area contributed by atoms with Gasteiger partial charge in [0.2, 0.25) is 5.91 Å². The molecule has 0 spiro atoms. The van der Waals surface area contributed by atoms with Gasteiger partial charge in [-0.2, -0.15) is 16.9 Å². The van der Waals surface area contributed by atoms with Crippen molar-refractivity contribution < 1.29 is 19.1 Å². The number of nitrogens with zero attached hydrogens (tertiary/aromatic N) is 3. The van der Waals surface area contributed by atoms with Crippen molar-refractivity contribution in [3.8, 4) is 11.4 Å². The van der Waals surface area contributed by atoms with Crippen LogP contribution in [0.1, 0.15) is 38.4 Å². The highest BCUT2D eigenvalue weighted by atomic mass is 32.2. The average Bonchev–Trinajstić information content (AvgIpc) is 3.47. The molecule has 9 heteroatoms. The zero-order valence-corrected chi connectivity index (χ0v) is 18.1. The topological polar surface area (TPSA) is 93.5 Å². The molecule has 0 radical (unpaired) electrons. The number of amides is 3. The van der Waals surface area contributed by atoms with E-state index in [9.17, 15) is 14.4 Å². The summed E-state index contributed by atoms with van der Waals surface area (Å²) in [5.74, 6) is 1.91. The maximum absolute atomic E-state index is 12.8. The number of hydrogen-bond acceptors (Lipinski definition) is 6. The quantitative estimate of drug-likeness (QED) is 0.582. The van der Waals surface area contributed by atoms with Gasteiger partial charge in [-0.15, -0.1) is 0 Å². The van der Waals surface area contributed by atoms with E-state index in [0.29, 0.717) is 16.9 Å². The van der Waals surface area contributed by atoms with Crippen LogP contribution in [0.4, 0.5) is 5.82 Å². The molecule has 8 nitrogen and oxygen atoms in total. The van der Waals surface area contributed by atoms with Crippen LogP contribution in [-0.4, -0.2) is 46.1 Å². The van der Waals surface area contributed by atoms with Gasteiger partial charge in [0.15, 0.2) is 0 Å². The summed E-state index contributed by atoms with van der Waals surface area (Å²) < 4.78 is 6.95. The Kier molecular flexibility index (Phi) is 5.18. The van der Waals surface area contributed by atoms with E-state index in [1.165, 1.54) is 0 Å². The Morgan fingerprint density at radius 1 is 1.06 bits per heavy atom. The van der Waals surface area contributed by atoms with Gasteiger partial charge in [-0.1, -0.05) is 12.1 Å². The molecule has 0 saturated heterocycles. The van der Waals surface area contributed by atoms with E-state index in [4.69, 9.17) is 4.74 Å². The summed E-state index contributed by atoms with van der Waals surface area (Å²) in [5.41, 5.74) is 3.51. The number of anilines is 1. The van der Waals surface area contributed by atoms with Crippen LogP contribution in [0.3, 0.4) is 0 Å². The minimum atomic E-state index is -0.362. The van der Waals surface area contributed by atoms with Crippen molar-refractivity contribution in [1.82, 2.24) is 14.7 Å². The summed E-state index contributed by atoms with van der Waals surface area (Å²) >= 11 is 1.74. The van der Waals surface area contributed by atoms with E-state index in [-0.39, 0.29) is 30.7 Å². The largest absolute Gasteiger partial charge is 0.497 e. The first-order valence-electron chi connectivity index (χ1n) is 10.1. The highest BCUT2D eigenvalue weighted by molar-refractivity contribution is 7.98. The molecule has 162 valence electrons. The van der Waals surface area contributed by atoms with E-state index in [2.05, 4.69) is 10.4 Å². The molecule has 1 N–H and O–H groups in total. The van der Waals surface area contributed by atoms with Crippen molar-refractivity contribution in [2.45, 2.75) is 17.9 Å². The van der Waals surface area contributed by atoms with E-state index in [1.807, 2.05) is 24.3 Å². The molecule has 0 unspecified atom stereocenters. The van der Waals surface area contributed by atoms with Gasteiger partial charge < -0.3 is 10.1 Å². The molecule has 3 aromatic rings. The van der Waals surface area contributed by atoms with Crippen LogP contribution >= 0.6 is 11.8 Å². The third kappa shape index (κ3) is 3.44. The van der Waals surface area contributed by atoms with Crippen molar-refractivity contribution in [3.63, 3.8) is 0 Å². The Hall–Kier alpha value is -3.59. The Morgan fingerprint density at radius 3 is 2.41 bits per heavy atom. The Balaban J connectivity index is 1.33. The predicted molar refractivity (Wildman–Crippen MR) is 120 cm³/mol. The molecule has 5 rings (SSSR count). The summed E-state index contributed by atoms with van der Waals surface area (Å²) in [7, 11) is 1.61. The number of ether oxygens (including phenoxy) is 1. The molecule has 0 aliphatic carbocycles. The van der Waals surface area contributed by atoms with Crippen molar-refractivity contribution in [2.75, 3.05) is 19.0 Å². The molecule has 2 aliphatic heterocycles. The number of imide groups is 1. The van der Waals surface area contributed by atoms with Crippen LogP contribution in [0.25, 0.3) is 5.69 Å². The normalized spacial score (nSPS) is 14.5. The lowest BCUT2D eigenvalue weighted by Gasteiger charge is -2.15. The van der Waals surface area contributed by atoms with Gasteiger partial charge >= 0.3 is 0 Å². The second-order valence-electron chi connectivity index (χ2n) is 7.48. The maximum atomic E-state index is 12.8. The van der Waals surface area contributed by atoms with Gasteiger partial charge in [0.1, 0.15) is 11.6 Å². The average molecular weight is 449 g/mol. The zero-order valence-electron chi connectivity index (χ0n) is 17.3. The smallest absolute Gasteiger partial charge is 0.261 e. The molecule has 32 heavy (non-hydrogen) atoms. The number of fused-ring (bicyclic) bond motifs is 2. The van der Waals surface area contributed by atoms with Crippen molar-refractivity contribution in [1.29, 1.82) is 0 Å². The molecule has 2 aliphatic rings. The predicted octanol–water partition coefficient (Wildman–Crippen LogP) is 3.25. The molecule has 3 heterocycles. The second kappa shape index (κ2) is 8.16. The first-order chi connectivity index (χ1) is 15.6. The van der Waals surface area contributed by atoms with E-state index >= 15 is 0 Å². The van der Waals surface area contributed by atoms with Crippen molar-refractivity contribution >= 4 is 35.3 Å².